The Kier molecular flexibility index (Phi) is 8.05. The van der Waals surface area contributed by atoms with E-state index in [1.165, 1.54) is 5.56 Å². The molecule has 2 saturated heterocycles. The molecule has 4 rings (SSSR count). The maximum Gasteiger partial charge on any atom is 0.225 e. The van der Waals surface area contributed by atoms with Gasteiger partial charge >= 0.3 is 0 Å². The molecule has 29 heavy (non-hydrogen) atoms. The Labute approximate surface area is 189 Å². The highest BCUT2D eigenvalue weighted by Gasteiger charge is 2.30. The molecule has 2 unspecified atom stereocenters. The van der Waals surface area contributed by atoms with Crippen LogP contribution in [0.4, 0.5) is 5.95 Å². The van der Waals surface area contributed by atoms with Gasteiger partial charge in [0.2, 0.25) is 5.95 Å². The lowest BCUT2D eigenvalue weighted by Gasteiger charge is -2.36. The number of piperazine rings is 1. The van der Waals surface area contributed by atoms with E-state index in [1.807, 2.05) is 19.2 Å². The molecular weight excluding hydrogens is 479 g/mol. The molecule has 0 bridgehead atoms. The number of nitrogens with one attached hydrogen (secondary N) is 1. The number of ether oxygens (including phenoxy) is 1. The first-order valence-corrected chi connectivity index (χ1v) is 9.99. The van der Waals surface area contributed by atoms with Crippen molar-refractivity contribution in [2.45, 2.75) is 12.5 Å². The summed E-state index contributed by atoms with van der Waals surface area (Å²) < 4.78 is 6.01. The van der Waals surface area contributed by atoms with Gasteiger partial charge in [-0.15, -0.1) is 24.0 Å². The molecular formula is C21H29IN6O. The van der Waals surface area contributed by atoms with Crippen molar-refractivity contribution in [1.29, 1.82) is 0 Å². The van der Waals surface area contributed by atoms with Crippen LogP contribution in [0.2, 0.25) is 0 Å². The van der Waals surface area contributed by atoms with Gasteiger partial charge in [-0.1, -0.05) is 30.3 Å². The summed E-state index contributed by atoms with van der Waals surface area (Å²) in [5.41, 5.74) is 1.26. The molecule has 0 spiro atoms. The minimum absolute atomic E-state index is 0. The number of nitrogens with zero attached hydrogens (tertiary/aromatic N) is 5. The van der Waals surface area contributed by atoms with E-state index in [4.69, 9.17) is 4.74 Å². The van der Waals surface area contributed by atoms with Gasteiger partial charge in [0.15, 0.2) is 5.96 Å². The average Bonchev–Trinajstić information content (AvgIpc) is 3.24. The summed E-state index contributed by atoms with van der Waals surface area (Å²) >= 11 is 0. The van der Waals surface area contributed by atoms with Gasteiger partial charge in [-0.25, -0.2) is 9.97 Å². The van der Waals surface area contributed by atoms with E-state index >= 15 is 0 Å². The van der Waals surface area contributed by atoms with E-state index in [0.29, 0.717) is 5.92 Å². The van der Waals surface area contributed by atoms with Gasteiger partial charge in [-0.05, 0) is 18.1 Å². The number of aliphatic imine (C=N–C) groups is 1. The van der Waals surface area contributed by atoms with Crippen molar-refractivity contribution in [2.75, 3.05) is 51.3 Å². The van der Waals surface area contributed by atoms with Gasteiger partial charge in [-0.2, -0.15) is 0 Å². The van der Waals surface area contributed by atoms with Crippen molar-refractivity contribution in [2.24, 2.45) is 10.9 Å². The molecule has 8 heteroatoms. The van der Waals surface area contributed by atoms with Crippen molar-refractivity contribution >= 4 is 35.9 Å². The van der Waals surface area contributed by atoms with Crippen molar-refractivity contribution in [1.82, 2.24) is 20.2 Å². The minimum Gasteiger partial charge on any atom is -0.373 e. The van der Waals surface area contributed by atoms with E-state index in [1.54, 1.807) is 12.4 Å². The van der Waals surface area contributed by atoms with Crippen LogP contribution in [0.25, 0.3) is 0 Å². The van der Waals surface area contributed by atoms with Gasteiger partial charge in [0, 0.05) is 64.7 Å². The van der Waals surface area contributed by atoms with E-state index < -0.39 is 0 Å². The van der Waals surface area contributed by atoms with E-state index in [9.17, 15) is 0 Å². The highest BCUT2D eigenvalue weighted by Crippen LogP contribution is 2.33. The molecule has 0 aliphatic carbocycles. The van der Waals surface area contributed by atoms with Gasteiger partial charge < -0.3 is 19.9 Å². The average molecular weight is 508 g/mol. The molecule has 7 nitrogen and oxygen atoms in total. The number of aromatic nitrogens is 2. The normalized spacial score (nSPS) is 22.3. The fourth-order valence-corrected chi connectivity index (χ4v) is 3.98. The molecule has 2 aromatic rings. The maximum atomic E-state index is 6.01. The monoisotopic (exact) mass is 508 g/mol. The summed E-state index contributed by atoms with van der Waals surface area (Å²) in [6.45, 7) is 5.28. The zero-order valence-electron chi connectivity index (χ0n) is 16.8. The Hall–Kier alpha value is -1.94. The Morgan fingerprint density at radius 2 is 1.83 bits per heavy atom. The number of benzene rings is 1. The van der Waals surface area contributed by atoms with E-state index in [-0.39, 0.29) is 30.1 Å². The Balaban J connectivity index is 0.00000240. The van der Waals surface area contributed by atoms with Crippen LogP contribution in [0, 0.1) is 5.92 Å². The van der Waals surface area contributed by atoms with Gasteiger partial charge in [0.1, 0.15) is 0 Å². The van der Waals surface area contributed by atoms with Crippen LogP contribution in [0.15, 0.2) is 53.8 Å². The molecule has 2 atom stereocenters. The smallest absolute Gasteiger partial charge is 0.225 e. The fraction of sp³-hybridized carbons (Fsp3) is 0.476. The maximum absolute atomic E-state index is 6.01. The number of halogens is 1. The highest BCUT2D eigenvalue weighted by molar-refractivity contribution is 14.0. The predicted molar refractivity (Wildman–Crippen MR) is 126 cm³/mol. The third-order valence-electron chi connectivity index (χ3n) is 5.49. The molecule has 0 amide bonds. The topological polar surface area (TPSA) is 65.9 Å². The molecule has 2 fully saturated rings. The fourth-order valence-electron chi connectivity index (χ4n) is 3.98. The molecule has 0 radical (unpaired) electrons. The van der Waals surface area contributed by atoms with Crippen LogP contribution in [-0.2, 0) is 4.74 Å². The van der Waals surface area contributed by atoms with Crippen molar-refractivity contribution in [3.05, 3.63) is 54.4 Å². The minimum atomic E-state index is 0. The number of anilines is 1. The molecule has 2 aliphatic rings. The zero-order chi connectivity index (χ0) is 19.2. The van der Waals surface area contributed by atoms with Gasteiger partial charge in [0.05, 0.1) is 6.10 Å². The Morgan fingerprint density at radius 1 is 1.10 bits per heavy atom. The molecule has 1 N–H and O–H groups in total. The number of guanidine groups is 1. The molecule has 3 heterocycles. The molecule has 156 valence electrons. The lowest BCUT2D eigenvalue weighted by Crippen LogP contribution is -2.53. The standard InChI is InChI=1S/C21H28N6O.HI/c1-22-20(26-11-13-27(14-12-26)21-23-9-5-10-24-21)25-16-18-8-15-28-19(18)17-6-3-2-4-7-17;/h2-7,9-10,18-19H,8,11-16H2,1H3,(H,22,25);1H. The zero-order valence-corrected chi connectivity index (χ0v) is 19.1. The molecule has 1 aromatic carbocycles. The summed E-state index contributed by atoms with van der Waals surface area (Å²) in [5, 5.41) is 3.58. The first-order valence-electron chi connectivity index (χ1n) is 9.99. The van der Waals surface area contributed by atoms with Crippen LogP contribution in [0.1, 0.15) is 18.1 Å². The SMILES string of the molecule is CN=C(NCC1CCOC1c1ccccc1)N1CCN(c2ncccn2)CC1.I. The molecule has 0 saturated carbocycles. The second kappa shape index (κ2) is 10.7. The summed E-state index contributed by atoms with van der Waals surface area (Å²) in [4.78, 5) is 17.8. The number of rotatable bonds is 4. The lowest BCUT2D eigenvalue weighted by atomic mass is 9.95. The second-order valence-corrected chi connectivity index (χ2v) is 7.20. The van der Waals surface area contributed by atoms with Gasteiger partial charge in [0.25, 0.3) is 0 Å². The van der Waals surface area contributed by atoms with Crippen molar-refractivity contribution < 1.29 is 4.74 Å². The first kappa shape index (κ1) is 21.8. The van der Waals surface area contributed by atoms with Crippen LogP contribution in [0.5, 0.6) is 0 Å². The number of hydrogen-bond acceptors (Lipinski definition) is 5. The Bertz CT molecular complexity index is 767. The summed E-state index contributed by atoms with van der Waals surface area (Å²) in [6, 6.07) is 12.4. The number of hydrogen-bond donors (Lipinski definition) is 1. The first-order chi connectivity index (χ1) is 13.8. The summed E-state index contributed by atoms with van der Waals surface area (Å²) in [7, 11) is 1.86. The Morgan fingerprint density at radius 3 is 2.52 bits per heavy atom. The van der Waals surface area contributed by atoms with E-state index in [2.05, 4.69) is 54.3 Å². The van der Waals surface area contributed by atoms with Crippen molar-refractivity contribution in [3.63, 3.8) is 0 Å². The predicted octanol–water partition coefficient (Wildman–Crippen LogP) is 2.57. The summed E-state index contributed by atoms with van der Waals surface area (Å²) in [6.07, 6.45) is 4.83. The molecule has 2 aliphatic heterocycles. The van der Waals surface area contributed by atoms with Crippen LogP contribution in [0.3, 0.4) is 0 Å². The third-order valence-corrected chi connectivity index (χ3v) is 5.49. The highest BCUT2D eigenvalue weighted by atomic mass is 127. The molecule has 1 aromatic heterocycles. The van der Waals surface area contributed by atoms with Crippen LogP contribution < -0.4 is 10.2 Å². The quantitative estimate of drug-likeness (QED) is 0.389. The van der Waals surface area contributed by atoms with Crippen LogP contribution >= 0.6 is 24.0 Å². The van der Waals surface area contributed by atoms with Crippen LogP contribution in [-0.4, -0.2) is 67.2 Å². The second-order valence-electron chi connectivity index (χ2n) is 7.20. The lowest BCUT2D eigenvalue weighted by molar-refractivity contribution is 0.0913. The van der Waals surface area contributed by atoms with Gasteiger partial charge in [-0.3, -0.25) is 4.99 Å². The van der Waals surface area contributed by atoms with E-state index in [0.717, 1.165) is 57.7 Å². The largest absolute Gasteiger partial charge is 0.373 e. The summed E-state index contributed by atoms with van der Waals surface area (Å²) in [5.74, 6) is 2.23. The van der Waals surface area contributed by atoms with Crippen molar-refractivity contribution in [3.8, 4) is 0 Å². The third kappa shape index (κ3) is 5.36.